The normalized spacial score (nSPS) is 14.8. The Labute approximate surface area is 231 Å². The maximum absolute atomic E-state index is 13.9. The van der Waals surface area contributed by atoms with Gasteiger partial charge >= 0.3 is 5.97 Å². The molecule has 5 rings (SSSR count). The van der Waals surface area contributed by atoms with Gasteiger partial charge in [-0.05, 0) is 36.8 Å². The van der Waals surface area contributed by atoms with E-state index in [-0.39, 0.29) is 33.7 Å². The van der Waals surface area contributed by atoms with Crippen LogP contribution >= 0.6 is 11.3 Å². The summed E-state index contributed by atoms with van der Waals surface area (Å²) in [4.78, 5) is 43.2. The van der Waals surface area contributed by atoms with Crippen molar-refractivity contribution in [2.24, 2.45) is 4.99 Å². The summed E-state index contributed by atoms with van der Waals surface area (Å²) in [5, 5.41) is 21.7. The number of rotatable bonds is 7. The van der Waals surface area contributed by atoms with Crippen molar-refractivity contribution in [2.45, 2.75) is 13.0 Å². The number of thiazole rings is 1. The number of carbonyl (C=O) groups excluding carboxylic acids is 1. The summed E-state index contributed by atoms with van der Waals surface area (Å²) < 4.78 is 12.4. The molecule has 1 aromatic heterocycles. The van der Waals surface area contributed by atoms with Crippen molar-refractivity contribution >= 4 is 34.8 Å². The Hall–Kier alpha value is -5.03. The summed E-state index contributed by atoms with van der Waals surface area (Å²) in [6, 6.07) is 18.8. The predicted octanol–water partition coefficient (Wildman–Crippen LogP) is 3.56. The lowest BCUT2D eigenvalue weighted by Crippen LogP contribution is -2.40. The van der Waals surface area contributed by atoms with E-state index in [1.807, 2.05) is 30.3 Å². The van der Waals surface area contributed by atoms with Crippen molar-refractivity contribution in [1.29, 1.82) is 0 Å². The minimum Gasteiger partial charge on any atom is -0.507 e. The monoisotopic (exact) mass is 557 g/mol. The fraction of sp³-hybridized carbons (Fsp3) is 0.138. The van der Waals surface area contributed by atoms with Crippen LogP contribution in [0.2, 0.25) is 0 Å². The number of esters is 1. The van der Waals surface area contributed by atoms with Gasteiger partial charge in [0.25, 0.3) is 11.2 Å². The first-order valence-electron chi connectivity index (χ1n) is 12.2. The summed E-state index contributed by atoms with van der Waals surface area (Å²) in [5.41, 5.74) is 1.17. The highest BCUT2D eigenvalue weighted by Crippen LogP contribution is 2.36. The number of carbonyl (C=O) groups is 1. The molecular weight excluding hydrogens is 534 g/mol. The van der Waals surface area contributed by atoms with Crippen LogP contribution < -0.4 is 19.6 Å². The lowest BCUT2D eigenvalue weighted by atomic mass is 9.93. The molecule has 11 heteroatoms. The van der Waals surface area contributed by atoms with Gasteiger partial charge in [0.2, 0.25) is 0 Å². The molecule has 0 radical (unpaired) electrons. The van der Waals surface area contributed by atoms with Crippen LogP contribution in [0.1, 0.15) is 29.7 Å². The highest BCUT2D eigenvalue weighted by Gasteiger charge is 2.35. The number of phenolic OH excluding ortho intramolecular Hbond substituents is 1. The number of fused-ring (bicyclic) bond motifs is 1. The second-order valence-electron chi connectivity index (χ2n) is 8.71. The van der Waals surface area contributed by atoms with E-state index in [0.717, 1.165) is 11.3 Å². The first-order chi connectivity index (χ1) is 19.3. The average molecular weight is 558 g/mol. The van der Waals surface area contributed by atoms with E-state index in [1.165, 1.54) is 36.0 Å². The number of non-ortho nitro benzene ring substituents is 1. The molecular formula is C29H23N3O7S. The largest absolute Gasteiger partial charge is 0.507 e. The van der Waals surface area contributed by atoms with E-state index in [4.69, 9.17) is 14.5 Å². The molecule has 0 spiro atoms. The number of ether oxygens (including phenoxy) is 2. The van der Waals surface area contributed by atoms with E-state index in [9.17, 15) is 24.8 Å². The van der Waals surface area contributed by atoms with Crippen LogP contribution in [-0.2, 0) is 9.53 Å². The van der Waals surface area contributed by atoms with Gasteiger partial charge in [-0.2, -0.15) is 0 Å². The van der Waals surface area contributed by atoms with Gasteiger partial charge in [0.1, 0.15) is 11.5 Å². The molecule has 1 N–H and O–H groups in total. The van der Waals surface area contributed by atoms with Gasteiger partial charge in [0, 0.05) is 23.3 Å². The Bertz CT molecular complexity index is 1840. The Balaban J connectivity index is 1.84. The van der Waals surface area contributed by atoms with Gasteiger partial charge in [-0.15, -0.1) is 0 Å². The highest BCUT2D eigenvalue weighted by atomic mass is 32.1. The number of hydrogen-bond donors (Lipinski definition) is 1. The molecule has 10 nitrogen and oxygen atoms in total. The maximum Gasteiger partial charge on any atom is 0.338 e. The summed E-state index contributed by atoms with van der Waals surface area (Å²) in [7, 11) is 1.52. The first-order valence-corrected chi connectivity index (χ1v) is 13.0. The zero-order valence-corrected chi connectivity index (χ0v) is 22.3. The third-order valence-electron chi connectivity index (χ3n) is 6.29. The van der Waals surface area contributed by atoms with Crippen LogP contribution in [0.15, 0.2) is 88.2 Å². The topological polar surface area (TPSA) is 133 Å². The number of methoxy groups -OCH3 is 1. The fourth-order valence-corrected chi connectivity index (χ4v) is 5.47. The molecule has 40 heavy (non-hydrogen) atoms. The molecule has 1 atom stereocenters. The Kier molecular flexibility index (Phi) is 7.30. The van der Waals surface area contributed by atoms with Gasteiger partial charge in [-0.25, -0.2) is 9.79 Å². The van der Waals surface area contributed by atoms with Crippen LogP contribution in [0.4, 0.5) is 5.69 Å². The van der Waals surface area contributed by atoms with Crippen molar-refractivity contribution in [1.82, 2.24) is 4.57 Å². The molecule has 0 saturated heterocycles. The second-order valence-corrected chi connectivity index (χ2v) is 9.72. The van der Waals surface area contributed by atoms with Crippen LogP contribution in [0, 0.1) is 10.1 Å². The van der Waals surface area contributed by atoms with Gasteiger partial charge in [-0.1, -0.05) is 53.8 Å². The standard InChI is InChI=1S/C29H23N3O7S/c1-3-39-28(35)24-25(17-8-5-4-6-9-17)30-29-31(26(24)18-10-7-11-21(15-18)38-2)27(34)23(40-29)16-19-14-20(32(36)37)12-13-22(19)33/h4-16,26,33H,3H2,1-2H3/b23-16+. The number of nitro groups is 1. The molecule has 2 heterocycles. The number of aromatic nitrogens is 1. The summed E-state index contributed by atoms with van der Waals surface area (Å²) in [5.74, 6) is -0.316. The van der Waals surface area contributed by atoms with Crippen LogP contribution in [0.5, 0.6) is 11.5 Å². The van der Waals surface area contributed by atoms with E-state index in [0.29, 0.717) is 27.4 Å². The summed E-state index contributed by atoms with van der Waals surface area (Å²) in [6.07, 6.45) is 1.38. The molecule has 4 aromatic rings. The molecule has 1 unspecified atom stereocenters. The smallest absolute Gasteiger partial charge is 0.338 e. The van der Waals surface area contributed by atoms with Crippen LogP contribution in [0.3, 0.4) is 0 Å². The van der Waals surface area contributed by atoms with Gasteiger partial charge in [-0.3, -0.25) is 19.5 Å². The first kappa shape index (κ1) is 26.6. The lowest BCUT2D eigenvalue weighted by molar-refractivity contribution is -0.384. The number of hydrogen-bond acceptors (Lipinski definition) is 9. The number of aromatic hydroxyl groups is 1. The van der Waals surface area contributed by atoms with Gasteiger partial charge in [0.15, 0.2) is 4.80 Å². The predicted molar refractivity (Wildman–Crippen MR) is 149 cm³/mol. The SMILES string of the molecule is CCOC(=O)C1=C(c2ccccc2)N=c2s/c(=C/c3cc([N+](=O)[O-])ccc3O)c(=O)n2C1c1cccc(OC)c1. The molecule has 0 bridgehead atoms. The Morgan fingerprint density at radius 2 is 1.93 bits per heavy atom. The Morgan fingerprint density at radius 1 is 1.15 bits per heavy atom. The van der Waals surface area contributed by atoms with Crippen molar-refractivity contribution in [3.63, 3.8) is 0 Å². The second kappa shape index (κ2) is 11.0. The third-order valence-corrected chi connectivity index (χ3v) is 7.27. The quantitative estimate of drug-likeness (QED) is 0.209. The molecule has 1 aliphatic rings. The van der Waals surface area contributed by atoms with E-state index >= 15 is 0 Å². The highest BCUT2D eigenvalue weighted by molar-refractivity contribution is 7.07. The van der Waals surface area contributed by atoms with Crippen LogP contribution in [-0.4, -0.2) is 34.3 Å². The summed E-state index contributed by atoms with van der Waals surface area (Å²) in [6.45, 7) is 1.81. The van der Waals surface area contributed by atoms with Crippen LogP contribution in [0.25, 0.3) is 11.8 Å². The zero-order chi connectivity index (χ0) is 28.4. The van der Waals surface area contributed by atoms with Crippen molar-refractivity contribution in [3.8, 4) is 11.5 Å². The minimum absolute atomic E-state index is 0.102. The van der Waals surface area contributed by atoms with Gasteiger partial charge < -0.3 is 14.6 Å². The maximum atomic E-state index is 13.9. The number of nitrogens with zero attached hydrogens (tertiary/aromatic N) is 3. The Morgan fingerprint density at radius 3 is 2.62 bits per heavy atom. The molecule has 0 aliphatic carbocycles. The third kappa shape index (κ3) is 4.90. The van der Waals surface area contributed by atoms with E-state index in [2.05, 4.69) is 0 Å². The molecule has 0 amide bonds. The minimum atomic E-state index is -0.915. The van der Waals surface area contributed by atoms with Crippen molar-refractivity contribution in [3.05, 3.63) is 125 Å². The number of nitro benzene ring substituents is 1. The fourth-order valence-electron chi connectivity index (χ4n) is 4.48. The molecule has 0 fully saturated rings. The zero-order valence-electron chi connectivity index (χ0n) is 21.4. The number of phenols is 1. The molecule has 202 valence electrons. The average Bonchev–Trinajstić information content (AvgIpc) is 3.28. The molecule has 0 saturated carbocycles. The lowest BCUT2D eigenvalue weighted by Gasteiger charge is -2.26. The van der Waals surface area contributed by atoms with Crippen molar-refractivity contribution < 1.29 is 24.3 Å². The number of benzene rings is 3. The molecule has 3 aromatic carbocycles. The van der Waals surface area contributed by atoms with E-state index < -0.39 is 22.5 Å². The summed E-state index contributed by atoms with van der Waals surface area (Å²) >= 11 is 1.04. The van der Waals surface area contributed by atoms with E-state index in [1.54, 1.807) is 31.2 Å². The molecule has 1 aliphatic heterocycles. The van der Waals surface area contributed by atoms with Gasteiger partial charge in [0.05, 0.1) is 40.5 Å². The van der Waals surface area contributed by atoms with Crippen molar-refractivity contribution in [2.75, 3.05) is 13.7 Å².